The van der Waals surface area contributed by atoms with E-state index in [9.17, 15) is 4.79 Å². The molecule has 1 fully saturated rings. The van der Waals surface area contributed by atoms with Crippen LogP contribution in [-0.4, -0.2) is 45.8 Å². The molecule has 1 amide bonds. The summed E-state index contributed by atoms with van der Waals surface area (Å²) in [6.45, 7) is 7.95. The van der Waals surface area contributed by atoms with E-state index in [4.69, 9.17) is 5.10 Å². The lowest BCUT2D eigenvalue weighted by Gasteiger charge is -2.38. The SMILES string of the molecule is Cc1ccccc1-n1nc(C(=O)N2CCNC(C)C2C)c2c1CCC2. The topological polar surface area (TPSA) is 50.2 Å². The second kappa shape index (κ2) is 6.30. The molecule has 5 heteroatoms. The molecule has 0 saturated carbocycles. The molecule has 0 bridgehead atoms. The van der Waals surface area contributed by atoms with Gasteiger partial charge in [-0.3, -0.25) is 4.79 Å². The van der Waals surface area contributed by atoms with Gasteiger partial charge in [-0.1, -0.05) is 18.2 Å². The van der Waals surface area contributed by atoms with Crippen molar-refractivity contribution >= 4 is 5.91 Å². The van der Waals surface area contributed by atoms with Gasteiger partial charge >= 0.3 is 0 Å². The van der Waals surface area contributed by atoms with Crippen molar-refractivity contribution in [2.45, 2.75) is 52.1 Å². The first kappa shape index (κ1) is 16.3. The molecule has 1 saturated heterocycles. The third-order valence-corrected chi connectivity index (χ3v) is 5.77. The first-order valence-electron chi connectivity index (χ1n) is 9.29. The number of carbonyl (C=O) groups is 1. The molecule has 132 valence electrons. The van der Waals surface area contributed by atoms with Crippen LogP contribution in [0.4, 0.5) is 0 Å². The smallest absolute Gasteiger partial charge is 0.275 e. The highest BCUT2D eigenvalue weighted by atomic mass is 16.2. The van der Waals surface area contributed by atoms with E-state index in [2.05, 4.69) is 38.2 Å². The molecule has 1 aromatic carbocycles. The minimum Gasteiger partial charge on any atom is -0.332 e. The summed E-state index contributed by atoms with van der Waals surface area (Å²) in [5.74, 6) is 0.0892. The van der Waals surface area contributed by atoms with Gasteiger partial charge in [-0.15, -0.1) is 0 Å². The number of aromatic nitrogens is 2. The van der Waals surface area contributed by atoms with Gasteiger partial charge in [0.2, 0.25) is 0 Å². The summed E-state index contributed by atoms with van der Waals surface area (Å²) >= 11 is 0. The molecular weight excluding hydrogens is 312 g/mol. The van der Waals surface area contributed by atoms with E-state index < -0.39 is 0 Å². The van der Waals surface area contributed by atoms with Gasteiger partial charge in [0.05, 0.1) is 5.69 Å². The molecule has 25 heavy (non-hydrogen) atoms. The zero-order valence-corrected chi connectivity index (χ0v) is 15.2. The van der Waals surface area contributed by atoms with E-state index >= 15 is 0 Å². The summed E-state index contributed by atoms with van der Waals surface area (Å²) in [5.41, 5.74) is 5.31. The lowest BCUT2D eigenvalue weighted by atomic mass is 10.1. The van der Waals surface area contributed by atoms with Crippen molar-refractivity contribution in [2.24, 2.45) is 0 Å². The average molecular weight is 338 g/mol. The molecule has 1 aromatic heterocycles. The number of hydrogen-bond donors (Lipinski definition) is 1. The molecule has 5 nitrogen and oxygen atoms in total. The fourth-order valence-corrected chi connectivity index (χ4v) is 4.09. The summed E-state index contributed by atoms with van der Waals surface area (Å²) in [6.07, 6.45) is 3.06. The van der Waals surface area contributed by atoms with Crippen LogP contribution in [0.1, 0.15) is 47.6 Å². The number of hydrogen-bond acceptors (Lipinski definition) is 3. The molecule has 2 aromatic rings. The molecule has 2 atom stereocenters. The zero-order chi connectivity index (χ0) is 17.6. The second-order valence-corrected chi connectivity index (χ2v) is 7.31. The van der Waals surface area contributed by atoms with Gasteiger partial charge in [-0.05, 0) is 51.7 Å². The van der Waals surface area contributed by atoms with Crippen LogP contribution in [0.15, 0.2) is 24.3 Å². The van der Waals surface area contributed by atoms with Crippen molar-refractivity contribution < 1.29 is 4.79 Å². The highest BCUT2D eigenvalue weighted by molar-refractivity contribution is 5.94. The monoisotopic (exact) mass is 338 g/mol. The number of rotatable bonds is 2. The standard InChI is InChI=1S/C20H26N4O/c1-13-7-4-5-9-17(13)24-18-10-6-8-16(18)19(22-24)20(25)23-12-11-21-14(2)15(23)3/h4-5,7,9,14-15,21H,6,8,10-12H2,1-3H3. The number of nitrogens with zero attached hydrogens (tertiary/aromatic N) is 3. The summed E-state index contributed by atoms with van der Waals surface area (Å²) in [5, 5.41) is 8.24. The number of amides is 1. The molecule has 2 aliphatic rings. The van der Waals surface area contributed by atoms with Crippen LogP contribution in [-0.2, 0) is 12.8 Å². The Hall–Kier alpha value is -2.14. The number of aryl methyl sites for hydroxylation is 1. The number of piperazine rings is 1. The molecule has 1 aliphatic carbocycles. The fourth-order valence-electron chi connectivity index (χ4n) is 4.09. The Labute approximate surface area is 149 Å². The Morgan fingerprint density at radius 3 is 2.84 bits per heavy atom. The molecular formula is C20H26N4O. The summed E-state index contributed by atoms with van der Waals surface area (Å²) in [4.78, 5) is 15.3. The number of para-hydroxylation sites is 1. The normalized spacial score (nSPS) is 22.9. The van der Waals surface area contributed by atoms with E-state index in [1.807, 2.05) is 21.7 Å². The Morgan fingerprint density at radius 2 is 2.04 bits per heavy atom. The van der Waals surface area contributed by atoms with E-state index in [-0.39, 0.29) is 11.9 Å². The molecule has 4 rings (SSSR count). The van der Waals surface area contributed by atoms with Crippen LogP contribution in [0.2, 0.25) is 0 Å². The lowest BCUT2D eigenvalue weighted by molar-refractivity contribution is 0.0595. The predicted octanol–water partition coefficient (Wildman–Crippen LogP) is 2.49. The highest BCUT2D eigenvalue weighted by Crippen LogP contribution is 2.30. The van der Waals surface area contributed by atoms with Gasteiger partial charge in [0.1, 0.15) is 0 Å². The molecule has 2 heterocycles. The van der Waals surface area contributed by atoms with Crippen LogP contribution in [0.25, 0.3) is 5.69 Å². The Bertz CT molecular complexity index is 810. The van der Waals surface area contributed by atoms with Crippen LogP contribution in [0.5, 0.6) is 0 Å². The molecule has 1 N–H and O–H groups in total. The van der Waals surface area contributed by atoms with E-state index in [1.165, 1.54) is 11.3 Å². The number of benzene rings is 1. The van der Waals surface area contributed by atoms with Crippen molar-refractivity contribution in [1.29, 1.82) is 0 Å². The third kappa shape index (κ3) is 2.67. The largest absolute Gasteiger partial charge is 0.332 e. The average Bonchev–Trinajstić information content (AvgIpc) is 3.20. The van der Waals surface area contributed by atoms with Crippen LogP contribution < -0.4 is 5.32 Å². The summed E-state index contributed by atoms with van der Waals surface area (Å²) in [7, 11) is 0. The third-order valence-electron chi connectivity index (χ3n) is 5.77. The maximum Gasteiger partial charge on any atom is 0.275 e. The summed E-state index contributed by atoms with van der Waals surface area (Å²) in [6, 6.07) is 8.75. The molecule has 1 aliphatic heterocycles. The quantitative estimate of drug-likeness (QED) is 0.915. The van der Waals surface area contributed by atoms with Crippen molar-refractivity contribution in [1.82, 2.24) is 20.0 Å². The van der Waals surface area contributed by atoms with Gasteiger partial charge in [-0.2, -0.15) is 5.10 Å². The van der Waals surface area contributed by atoms with Crippen molar-refractivity contribution in [2.75, 3.05) is 13.1 Å². The van der Waals surface area contributed by atoms with E-state index in [0.717, 1.165) is 43.6 Å². The van der Waals surface area contributed by atoms with Crippen LogP contribution in [0.3, 0.4) is 0 Å². The summed E-state index contributed by atoms with van der Waals surface area (Å²) < 4.78 is 2.02. The molecule has 2 unspecified atom stereocenters. The second-order valence-electron chi connectivity index (χ2n) is 7.31. The first-order valence-corrected chi connectivity index (χ1v) is 9.29. The maximum absolute atomic E-state index is 13.3. The van der Waals surface area contributed by atoms with Crippen LogP contribution >= 0.6 is 0 Å². The van der Waals surface area contributed by atoms with Gasteiger partial charge in [0, 0.05) is 36.4 Å². The van der Waals surface area contributed by atoms with Crippen LogP contribution in [0, 0.1) is 6.92 Å². The minimum absolute atomic E-state index is 0.0892. The number of nitrogens with one attached hydrogen (secondary N) is 1. The first-order chi connectivity index (χ1) is 12.1. The van der Waals surface area contributed by atoms with E-state index in [0.29, 0.717) is 11.7 Å². The maximum atomic E-state index is 13.3. The molecule has 0 spiro atoms. The van der Waals surface area contributed by atoms with Gasteiger partial charge < -0.3 is 10.2 Å². The Balaban J connectivity index is 1.75. The van der Waals surface area contributed by atoms with Gasteiger partial charge in [0.15, 0.2) is 5.69 Å². The minimum atomic E-state index is 0.0892. The number of carbonyl (C=O) groups excluding carboxylic acids is 1. The van der Waals surface area contributed by atoms with Crippen molar-refractivity contribution in [3.8, 4) is 5.69 Å². The highest BCUT2D eigenvalue weighted by Gasteiger charge is 2.34. The Kier molecular flexibility index (Phi) is 4.12. The van der Waals surface area contributed by atoms with Gasteiger partial charge in [-0.25, -0.2) is 4.68 Å². The zero-order valence-electron chi connectivity index (χ0n) is 15.2. The predicted molar refractivity (Wildman–Crippen MR) is 98.3 cm³/mol. The Morgan fingerprint density at radius 1 is 1.24 bits per heavy atom. The van der Waals surface area contributed by atoms with Crippen molar-refractivity contribution in [3.63, 3.8) is 0 Å². The number of fused-ring (bicyclic) bond motifs is 1. The fraction of sp³-hybridized carbons (Fsp3) is 0.500. The lowest BCUT2D eigenvalue weighted by Crippen LogP contribution is -2.57. The van der Waals surface area contributed by atoms with Gasteiger partial charge in [0.25, 0.3) is 5.91 Å². The molecule has 0 radical (unpaired) electrons. The van der Waals surface area contributed by atoms with E-state index in [1.54, 1.807) is 0 Å². The van der Waals surface area contributed by atoms with Crippen molar-refractivity contribution in [3.05, 3.63) is 46.8 Å².